The van der Waals surface area contributed by atoms with Crippen LogP contribution < -0.4 is 5.32 Å². The summed E-state index contributed by atoms with van der Waals surface area (Å²) < 4.78 is 0.765. The van der Waals surface area contributed by atoms with E-state index in [1.54, 1.807) is 6.07 Å². The number of carboxylic acids is 1. The van der Waals surface area contributed by atoms with Crippen molar-refractivity contribution in [3.8, 4) is 0 Å². The number of hydrogen-bond donors (Lipinski definition) is 2. The van der Waals surface area contributed by atoms with E-state index in [1.165, 1.54) is 0 Å². The Morgan fingerprint density at radius 3 is 2.58 bits per heavy atom. The van der Waals surface area contributed by atoms with Gasteiger partial charge in [0, 0.05) is 16.4 Å². The van der Waals surface area contributed by atoms with Crippen LogP contribution in [0.3, 0.4) is 0 Å². The molecule has 19 heavy (non-hydrogen) atoms. The van der Waals surface area contributed by atoms with Crippen LogP contribution in [-0.2, 0) is 4.79 Å². The first kappa shape index (κ1) is 15.7. The van der Waals surface area contributed by atoms with Crippen LogP contribution in [0.25, 0.3) is 0 Å². The highest BCUT2D eigenvalue weighted by molar-refractivity contribution is 9.10. The lowest BCUT2D eigenvalue weighted by molar-refractivity contribution is -0.137. The van der Waals surface area contributed by atoms with Crippen LogP contribution in [0.1, 0.15) is 42.6 Å². The highest BCUT2D eigenvalue weighted by atomic mass is 79.9. The van der Waals surface area contributed by atoms with Crippen molar-refractivity contribution in [1.29, 1.82) is 0 Å². The van der Waals surface area contributed by atoms with Crippen molar-refractivity contribution in [1.82, 2.24) is 5.32 Å². The molecule has 0 heterocycles. The van der Waals surface area contributed by atoms with Gasteiger partial charge in [-0.15, -0.1) is 0 Å². The van der Waals surface area contributed by atoms with Crippen LogP contribution >= 0.6 is 15.9 Å². The largest absolute Gasteiger partial charge is 0.481 e. The first-order chi connectivity index (χ1) is 8.73. The Labute approximate surface area is 121 Å². The number of nitrogens with one attached hydrogen (secondary N) is 1. The Balaban J connectivity index is 2.79. The summed E-state index contributed by atoms with van der Waals surface area (Å²) in [6, 6.07) is 5.47. The van der Waals surface area contributed by atoms with E-state index in [-0.39, 0.29) is 12.3 Å². The topological polar surface area (TPSA) is 66.4 Å². The number of aryl methyl sites for hydroxylation is 1. The fourth-order valence-electron chi connectivity index (χ4n) is 1.68. The molecular formula is C14H18BrNO3. The van der Waals surface area contributed by atoms with Gasteiger partial charge in [0.1, 0.15) is 0 Å². The zero-order valence-electron chi connectivity index (χ0n) is 11.3. The molecule has 0 saturated heterocycles. The van der Waals surface area contributed by atoms with E-state index >= 15 is 0 Å². The normalized spacial score (nSPS) is 11.2. The molecule has 1 aromatic rings. The molecule has 0 aliphatic rings. The molecule has 0 saturated carbocycles. The molecule has 0 bridgehead atoms. The maximum Gasteiger partial charge on any atom is 0.303 e. The highest BCUT2D eigenvalue weighted by Gasteiger charge is 2.23. The SMILES string of the molecule is Cc1cccc(C(=O)NC(C)(C)CCC(=O)O)c1Br. The van der Waals surface area contributed by atoms with E-state index in [2.05, 4.69) is 21.2 Å². The molecule has 0 aliphatic heterocycles. The third kappa shape index (κ3) is 4.67. The number of carbonyl (C=O) groups is 2. The average Bonchev–Trinajstić information content (AvgIpc) is 2.29. The fraction of sp³-hybridized carbons (Fsp3) is 0.429. The second-order valence-electron chi connectivity index (χ2n) is 5.17. The van der Waals surface area contributed by atoms with Gasteiger partial charge < -0.3 is 10.4 Å². The van der Waals surface area contributed by atoms with Crippen molar-refractivity contribution >= 4 is 27.8 Å². The summed E-state index contributed by atoms with van der Waals surface area (Å²) in [5.41, 5.74) is 0.984. The Bertz CT molecular complexity index is 497. The highest BCUT2D eigenvalue weighted by Crippen LogP contribution is 2.22. The molecule has 0 unspecified atom stereocenters. The lowest BCUT2D eigenvalue weighted by Gasteiger charge is -2.26. The van der Waals surface area contributed by atoms with Gasteiger partial charge in [-0.05, 0) is 54.8 Å². The molecule has 1 amide bonds. The van der Waals surface area contributed by atoms with Gasteiger partial charge in [0.25, 0.3) is 5.91 Å². The van der Waals surface area contributed by atoms with Gasteiger partial charge >= 0.3 is 5.97 Å². The minimum atomic E-state index is -0.862. The number of aliphatic carboxylic acids is 1. The first-order valence-electron chi connectivity index (χ1n) is 6.02. The number of benzene rings is 1. The van der Waals surface area contributed by atoms with Crippen LogP contribution in [-0.4, -0.2) is 22.5 Å². The van der Waals surface area contributed by atoms with Crippen LogP contribution in [0, 0.1) is 6.92 Å². The molecule has 0 aromatic heterocycles. The van der Waals surface area contributed by atoms with Crippen molar-refractivity contribution in [3.05, 3.63) is 33.8 Å². The Kier molecular flexibility index (Phi) is 5.11. The summed E-state index contributed by atoms with van der Waals surface area (Å²) in [7, 11) is 0. The monoisotopic (exact) mass is 327 g/mol. The van der Waals surface area contributed by atoms with Gasteiger partial charge in [0.15, 0.2) is 0 Å². The molecular weight excluding hydrogens is 310 g/mol. The van der Waals surface area contributed by atoms with E-state index in [0.29, 0.717) is 12.0 Å². The third-order valence-electron chi connectivity index (χ3n) is 2.85. The van der Waals surface area contributed by atoms with E-state index < -0.39 is 11.5 Å². The minimum absolute atomic E-state index is 0.0300. The van der Waals surface area contributed by atoms with E-state index in [0.717, 1.165) is 10.0 Å². The van der Waals surface area contributed by atoms with Crippen LogP contribution in [0.2, 0.25) is 0 Å². The number of carbonyl (C=O) groups excluding carboxylic acids is 1. The second-order valence-corrected chi connectivity index (χ2v) is 5.96. The molecule has 0 fully saturated rings. The summed E-state index contributed by atoms with van der Waals surface area (Å²) in [6.07, 6.45) is 0.416. The van der Waals surface area contributed by atoms with Crippen LogP contribution in [0.4, 0.5) is 0 Å². The van der Waals surface area contributed by atoms with Gasteiger partial charge in [-0.2, -0.15) is 0 Å². The van der Waals surface area contributed by atoms with E-state index in [1.807, 2.05) is 32.9 Å². The molecule has 2 N–H and O–H groups in total. The molecule has 5 heteroatoms. The molecule has 104 valence electrons. The summed E-state index contributed by atoms with van der Waals surface area (Å²) >= 11 is 3.40. The van der Waals surface area contributed by atoms with Gasteiger partial charge in [0.2, 0.25) is 0 Å². The summed E-state index contributed by atoms with van der Waals surface area (Å²) in [5, 5.41) is 11.6. The maximum atomic E-state index is 12.2. The smallest absolute Gasteiger partial charge is 0.303 e. The molecule has 0 aliphatic carbocycles. The third-order valence-corrected chi connectivity index (χ3v) is 3.90. The predicted octanol–water partition coefficient (Wildman–Crippen LogP) is 3.13. The first-order valence-corrected chi connectivity index (χ1v) is 6.81. The van der Waals surface area contributed by atoms with Gasteiger partial charge in [-0.25, -0.2) is 0 Å². The van der Waals surface area contributed by atoms with Crippen molar-refractivity contribution in [2.75, 3.05) is 0 Å². The molecule has 1 rings (SSSR count). The Morgan fingerprint density at radius 1 is 1.37 bits per heavy atom. The standard InChI is InChI=1S/C14H18BrNO3/c1-9-5-4-6-10(12(9)15)13(19)16-14(2,3)8-7-11(17)18/h4-6H,7-8H2,1-3H3,(H,16,19)(H,17,18). The second kappa shape index (κ2) is 6.19. The van der Waals surface area contributed by atoms with Crippen molar-refractivity contribution in [2.45, 2.75) is 39.2 Å². The van der Waals surface area contributed by atoms with E-state index in [9.17, 15) is 9.59 Å². The molecule has 4 nitrogen and oxygen atoms in total. The number of halogens is 1. The van der Waals surface area contributed by atoms with Crippen LogP contribution in [0.5, 0.6) is 0 Å². The average molecular weight is 328 g/mol. The van der Waals surface area contributed by atoms with Gasteiger partial charge in [-0.3, -0.25) is 9.59 Å². The van der Waals surface area contributed by atoms with Crippen molar-refractivity contribution < 1.29 is 14.7 Å². The van der Waals surface area contributed by atoms with Crippen molar-refractivity contribution in [3.63, 3.8) is 0 Å². The number of hydrogen-bond acceptors (Lipinski definition) is 2. The van der Waals surface area contributed by atoms with Gasteiger partial charge in [0.05, 0.1) is 5.56 Å². The predicted molar refractivity (Wildman–Crippen MR) is 77.3 cm³/mol. The maximum absolute atomic E-state index is 12.2. The Hall–Kier alpha value is -1.36. The lowest BCUT2D eigenvalue weighted by atomic mass is 9.97. The summed E-state index contributed by atoms with van der Waals surface area (Å²) in [5.74, 6) is -1.06. The zero-order chi connectivity index (χ0) is 14.6. The van der Waals surface area contributed by atoms with E-state index in [4.69, 9.17) is 5.11 Å². The van der Waals surface area contributed by atoms with Crippen LogP contribution in [0.15, 0.2) is 22.7 Å². The number of amides is 1. The quantitative estimate of drug-likeness (QED) is 0.873. The number of rotatable bonds is 5. The van der Waals surface area contributed by atoms with Gasteiger partial charge in [-0.1, -0.05) is 12.1 Å². The summed E-state index contributed by atoms with van der Waals surface area (Å²) in [6.45, 7) is 5.55. The molecule has 1 aromatic carbocycles. The fourth-order valence-corrected chi connectivity index (χ4v) is 2.12. The minimum Gasteiger partial charge on any atom is -0.481 e. The van der Waals surface area contributed by atoms with Crippen molar-refractivity contribution in [2.24, 2.45) is 0 Å². The Morgan fingerprint density at radius 2 is 2.00 bits per heavy atom. The molecule has 0 radical (unpaired) electrons. The molecule has 0 spiro atoms. The number of carboxylic acid groups (broad SMARTS) is 1. The molecule has 0 atom stereocenters. The lowest BCUT2D eigenvalue weighted by Crippen LogP contribution is -2.43. The zero-order valence-corrected chi connectivity index (χ0v) is 12.9. The summed E-state index contributed by atoms with van der Waals surface area (Å²) in [4.78, 5) is 22.8.